The Morgan fingerprint density at radius 1 is 0.778 bits per heavy atom. The number of aliphatic imine (C=N–C) groups is 2. The molecular weight excluding hydrogens is 368 g/mol. The van der Waals surface area contributed by atoms with Crippen LogP contribution in [0.2, 0.25) is 0 Å². The monoisotopic (exact) mass is 400 g/mol. The Hall–Kier alpha value is -1.77. The molecule has 0 unspecified atom stereocenters. The summed E-state index contributed by atoms with van der Waals surface area (Å²) in [6.45, 7) is 8.36. The highest BCUT2D eigenvalue weighted by Crippen LogP contribution is 2.06. The molecule has 1 heterocycles. The van der Waals surface area contributed by atoms with Gasteiger partial charge in [-0.1, -0.05) is 27.7 Å². The summed E-state index contributed by atoms with van der Waals surface area (Å²) in [4.78, 5) is 31.7. The third kappa shape index (κ3) is 9.12. The van der Waals surface area contributed by atoms with E-state index in [4.69, 9.17) is 0 Å². The van der Waals surface area contributed by atoms with Crippen molar-refractivity contribution >= 4 is 33.4 Å². The van der Waals surface area contributed by atoms with E-state index in [1.54, 1.807) is 0 Å². The number of amidine groups is 2. The molecule has 1 saturated heterocycles. The summed E-state index contributed by atoms with van der Waals surface area (Å²) >= 11 is 0. The number of rotatable bonds is 12. The van der Waals surface area contributed by atoms with Crippen molar-refractivity contribution in [1.82, 2.24) is 9.44 Å². The molecule has 0 spiro atoms. The van der Waals surface area contributed by atoms with Gasteiger partial charge in [0, 0.05) is 37.8 Å². The van der Waals surface area contributed by atoms with Gasteiger partial charge in [0.05, 0.1) is 0 Å². The van der Waals surface area contributed by atoms with Crippen LogP contribution in [0.4, 0.5) is 0 Å². The molecule has 0 amide bonds. The summed E-state index contributed by atoms with van der Waals surface area (Å²) in [5.41, 5.74) is 0. The molecule has 9 heteroatoms. The zero-order valence-electron chi connectivity index (χ0n) is 16.7. The fraction of sp³-hybridized carbons (Fsp3) is 0.778. The average Bonchev–Trinajstić information content (AvgIpc) is 2.87. The number of carbonyl (C=O) groups is 2. The van der Waals surface area contributed by atoms with Gasteiger partial charge < -0.3 is 0 Å². The summed E-state index contributed by atoms with van der Waals surface area (Å²) in [5, 5.41) is 0. The number of ketones is 2. The number of nitrogens with zero attached hydrogens (tertiary/aromatic N) is 2. The van der Waals surface area contributed by atoms with Gasteiger partial charge in [0.2, 0.25) is 0 Å². The van der Waals surface area contributed by atoms with Gasteiger partial charge >= 0.3 is 10.2 Å². The third-order valence-corrected chi connectivity index (χ3v) is 5.10. The minimum Gasteiger partial charge on any atom is -0.299 e. The summed E-state index contributed by atoms with van der Waals surface area (Å²) in [7, 11) is -3.65. The standard InChI is InChI=1S/C18H32N4O4S/c1-13(2)15(23)9-5-7-11-19-17-18(22-27(25,26)21-17)20-12-8-6-10-16(24)14(3)4/h13-14H,5-12H2,1-4H3,(H,19,21)(H,20,22). The first-order valence-corrected chi connectivity index (χ1v) is 11.1. The maximum atomic E-state index is 11.7. The molecular formula is C18H32N4O4S. The summed E-state index contributed by atoms with van der Waals surface area (Å²) < 4.78 is 28.0. The smallest absolute Gasteiger partial charge is 0.299 e. The molecule has 0 aromatic rings. The Balaban J connectivity index is 2.46. The lowest BCUT2D eigenvalue weighted by Gasteiger charge is -2.03. The van der Waals surface area contributed by atoms with Gasteiger partial charge in [0.1, 0.15) is 11.6 Å². The van der Waals surface area contributed by atoms with Crippen molar-refractivity contribution < 1.29 is 18.0 Å². The highest BCUT2D eigenvalue weighted by atomic mass is 32.2. The van der Waals surface area contributed by atoms with E-state index in [2.05, 4.69) is 19.4 Å². The van der Waals surface area contributed by atoms with Crippen LogP contribution < -0.4 is 9.44 Å². The van der Waals surface area contributed by atoms with Gasteiger partial charge in [-0.2, -0.15) is 8.42 Å². The second-order valence-corrected chi connectivity index (χ2v) is 8.74. The van der Waals surface area contributed by atoms with Crippen LogP contribution in [-0.4, -0.2) is 44.7 Å². The number of carbonyl (C=O) groups excluding carboxylic acids is 2. The third-order valence-electron chi connectivity index (χ3n) is 4.18. The molecule has 1 rings (SSSR count). The number of Topliss-reactive ketones (excluding diaryl/α,β-unsaturated/α-hetero) is 2. The van der Waals surface area contributed by atoms with Gasteiger partial charge in [-0.3, -0.25) is 19.6 Å². The van der Waals surface area contributed by atoms with Crippen molar-refractivity contribution in [3.63, 3.8) is 0 Å². The topological polar surface area (TPSA) is 117 Å². The molecule has 0 aromatic heterocycles. The van der Waals surface area contributed by atoms with E-state index in [1.807, 2.05) is 27.7 Å². The van der Waals surface area contributed by atoms with Crippen LogP contribution in [0, 0.1) is 11.8 Å². The van der Waals surface area contributed by atoms with Crippen LogP contribution in [0.3, 0.4) is 0 Å². The Bertz CT molecular complexity index is 629. The van der Waals surface area contributed by atoms with E-state index >= 15 is 0 Å². The van der Waals surface area contributed by atoms with Gasteiger partial charge in [0.15, 0.2) is 11.7 Å². The van der Waals surface area contributed by atoms with Crippen LogP contribution in [0.15, 0.2) is 9.98 Å². The van der Waals surface area contributed by atoms with Crippen molar-refractivity contribution in [2.75, 3.05) is 13.1 Å². The van der Waals surface area contributed by atoms with Gasteiger partial charge in [-0.05, 0) is 25.7 Å². The SMILES string of the molecule is CC(C)C(=O)CCCCN=C1NS(=O)(=O)NC1=NCCCCC(=O)C(C)C. The van der Waals surface area contributed by atoms with Crippen molar-refractivity contribution in [2.24, 2.45) is 21.8 Å². The normalized spacial score (nSPS) is 18.9. The number of unbranched alkanes of at least 4 members (excludes halogenated alkanes) is 2. The summed E-state index contributed by atoms with van der Waals surface area (Å²) in [6.07, 6.45) is 3.89. The molecule has 2 N–H and O–H groups in total. The van der Waals surface area contributed by atoms with E-state index in [-0.39, 0.29) is 35.1 Å². The molecule has 0 radical (unpaired) electrons. The van der Waals surface area contributed by atoms with E-state index in [0.29, 0.717) is 38.8 Å². The Kier molecular flexibility index (Phi) is 9.62. The first-order chi connectivity index (χ1) is 12.6. The fourth-order valence-corrected chi connectivity index (χ4v) is 3.25. The molecule has 8 nitrogen and oxygen atoms in total. The molecule has 0 aromatic carbocycles. The lowest BCUT2D eigenvalue weighted by Crippen LogP contribution is -2.24. The first-order valence-electron chi connectivity index (χ1n) is 9.57. The van der Waals surface area contributed by atoms with Crippen LogP contribution in [0.25, 0.3) is 0 Å². The highest BCUT2D eigenvalue weighted by Gasteiger charge is 2.27. The number of hydrogen-bond acceptors (Lipinski definition) is 6. The Labute approximate surface area is 162 Å². The molecule has 27 heavy (non-hydrogen) atoms. The van der Waals surface area contributed by atoms with Crippen LogP contribution in [0.1, 0.15) is 66.2 Å². The molecule has 0 bridgehead atoms. The lowest BCUT2D eigenvalue weighted by atomic mass is 10.0. The number of nitrogens with one attached hydrogen (secondary N) is 2. The largest absolute Gasteiger partial charge is 0.324 e. The van der Waals surface area contributed by atoms with Gasteiger partial charge in [0.25, 0.3) is 0 Å². The Morgan fingerprint density at radius 3 is 1.48 bits per heavy atom. The van der Waals surface area contributed by atoms with Crippen LogP contribution in [-0.2, 0) is 19.8 Å². The predicted octanol–water partition coefficient (Wildman–Crippen LogP) is 2.01. The molecule has 0 atom stereocenters. The van der Waals surface area contributed by atoms with E-state index < -0.39 is 10.2 Å². The molecule has 0 aliphatic carbocycles. The molecule has 1 aliphatic heterocycles. The first kappa shape index (κ1) is 23.3. The Morgan fingerprint density at radius 2 is 1.15 bits per heavy atom. The van der Waals surface area contributed by atoms with Gasteiger partial charge in [-0.15, -0.1) is 0 Å². The zero-order valence-corrected chi connectivity index (χ0v) is 17.6. The van der Waals surface area contributed by atoms with Crippen molar-refractivity contribution in [3.8, 4) is 0 Å². The zero-order chi connectivity index (χ0) is 20.4. The average molecular weight is 401 g/mol. The highest BCUT2D eigenvalue weighted by molar-refractivity contribution is 7.89. The van der Waals surface area contributed by atoms with E-state index in [0.717, 1.165) is 12.8 Å². The van der Waals surface area contributed by atoms with Crippen molar-refractivity contribution in [1.29, 1.82) is 0 Å². The maximum absolute atomic E-state index is 11.7. The summed E-state index contributed by atoms with van der Waals surface area (Å²) in [6, 6.07) is 0. The predicted molar refractivity (Wildman–Crippen MR) is 107 cm³/mol. The van der Waals surface area contributed by atoms with Crippen molar-refractivity contribution in [2.45, 2.75) is 66.2 Å². The van der Waals surface area contributed by atoms with E-state index in [9.17, 15) is 18.0 Å². The fourth-order valence-electron chi connectivity index (χ4n) is 2.37. The van der Waals surface area contributed by atoms with Gasteiger partial charge in [-0.25, -0.2) is 9.44 Å². The second kappa shape index (κ2) is 11.2. The second-order valence-electron chi connectivity index (χ2n) is 7.32. The molecule has 0 saturated carbocycles. The summed E-state index contributed by atoms with van der Waals surface area (Å²) in [5.74, 6) is 0.952. The molecule has 1 aliphatic rings. The van der Waals surface area contributed by atoms with Crippen LogP contribution >= 0.6 is 0 Å². The minimum absolute atomic E-state index is 0.0386. The van der Waals surface area contributed by atoms with Crippen LogP contribution in [0.5, 0.6) is 0 Å². The van der Waals surface area contributed by atoms with Crippen molar-refractivity contribution in [3.05, 3.63) is 0 Å². The van der Waals surface area contributed by atoms with E-state index in [1.165, 1.54) is 0 Å². The molecule has 1 fully saturated rings. The maximum Gasteiger partial charge on any atom is 0.324 e. The quantitative estimate of drug-likeness (QED) is 0.487. The minimum atomic E-state index is -3.65. The number of hydrogen-bond donors (Lipinski definition) is 2. The molecule has 154 valence electrons. The lowest BCUT2D eigenvalue weighted by molar-refractivity contribution is -0.122.